The molecule has 4 rings (SSSR count). The van der Waals surface area contributed by atoms with Gasteiger partial charge in [-0.25, -0.2) is 14.4 Å². The van der Waals surface area contributed by atoms with E-state index in [0.29, 0.717) is 18.5 Å². The van der Waals surface area contributed by atoms with E-state index in [4.69, 9.17) is 4.74 Å². The van der Waals surface area contributed by atoms with E-state index in [0.717, 1.165) is 11.1 Å². The molecule has 208 valence electrons. The third-order valence-electron chi connectivity index (χ3n) is 6.48. The predicted octanol–water partition coefficient (Wildman–Crippen LogP) is 1.88. The topological polar surface area (TPSA) is 143 Å². The summed E-state index contributed by atoms with van der Waals surface area (Å²) in [6.07, 6.45) is 1.62. The second-order valence-corrected chi connectivity index (χ2v) is 11.3. The summed E-state index contributed by atoms with van der Waals surface area (Å²) in [6.45, 7) is 9.53. The summed E-state index contributed by atoms with van der Waals surface area (Å²) in [5, 5.41) is 5.25. The van der Waals surface area contributed by atoms with Gasteiger partial charge in [-0.05, 0) is 63.9 Å². The van der Waals surface area contributed by atoms with Gasteiger partial charge in [-0.1, -0.05) is 6.07 Å². The molecule has 12 heteroatoms. The number of urea groups is 1. The molecule has 2 N–H and O–H groups in total. The molecule has 1 aromatic carbocycles. The highest BCUT2D eigenvalue weighted by Gasteiger charge is 2.36. The van der Waals surface area contributed by atoms with Gasteiger partial charge in [0.05, 0.1) is 5.69 Å². The molecule has 1 fully saturated rings. The Hall–Kier alpha value is -4.22. The first-order valence-electron chi connectivity index (χ1n) is 12.8. The largest absolute Gasteiger partial charge is 0.444 e. The molecule has 1 aliphatic heterocycles. The molecule has 4 amide bonds. The number of aromatic nitrogens is 2. The predicted molar refractivity (Wildman–Crippen MR) is 143 cm³/mol. The fraction of sp³-hybridized carbons (Fsp3) is 0.481. The SMILES string of the molecule is CC(C)(C)OC(=O)NC(C)(C)C(=O)N1CCN(C(=O)Nc2ccn(-c3ccc4c(c3)CC(=O)C4)c(=O)n2)CC1. The van der Waals surface area contributed by atoms with Crippen molar-refractivity contribution in [2.45, 2.75) is 58.6 Å². The van der Waals surface area contributed by atoms with Crippen LogP contribution < -0.4 is 16.3 Å². The van der Waals surface area contributed by atoms with Crippen molar-refractivity contribution in [2.75, 3.05) is 31.5 Å². The maximum Gasteiger partial charge on any atom is 0.408 e. The molecule has 39 heavy (non-hydrogen) atoms. The molecule has 0 bridgehead atoms. The number of benzene rings is 1. The highest BCUT2D eigenvalue weighted by Crippen LogP contribution is 2.22. The van der Waals surface area contributed by atoms with E-state index in [1.807, 2.05) is 12.1 Å². The smallest absolute Gasteiger partial charge is 0.408 e. The lowest BCUT2D eigenvalue weighted by Gasteiger charge is -2.38. The minimum atomic E-state index is -1.19. The molecule has 0 atom stereocenters. The monoisotopic (exact) mass is 538 g/mol. The van der Waals surface area contributed by atoms with Gasteiger partial charge >= 0.3 is 17.8 Å². The van der Waals surface area contributed by atoms with Crippen LogP contribution in [0.25, 0.3) is 5.69 Å². The number of hydrogen-bond donors (Lipinski definition) is 2. The van der Waals surface area contributed by atoms with Crippen LogP contribution in [0.15, 0.2) is 35.3 Å². The van der Waals surface area contributed by atoms with Crippen LogP contribution in [0.3, 0.4) is 0 Å². The average Bonchev–Trinajstić information content (AvgIpc) is 3.21. The number of Topliss-reactive ketones (excluding diaryl/α,β-unsaturated/α-hetero) is 1. The molecule has 12 nitrogen and oxygen atoms in total. The van der Waals surface area contributed by atoms with Crippen LogP contribution in [0.4, 0.5) is 15.4 Å². The fourth-order valence-corrected chi connectivity index (χ4v) is 4.56. The Kier molecular flexibility index (Phi) is 7.49. The molecule has 2 aromatic rings. The molecule has 1 aliphatic carbocycles. The molecule has 0 unspecified atom stereocenters. The molecule has 2 heterocycles. The van der Waals surface area contributed by atoms with Gasteiger partial charge in [-0.15, -0.1) is 0 Å². The number of hydrogen-bond acceptors (Lipinski definition) is 7. The van der Waals surface area contributed by atoms with Crippen molar-refractivity contribution in [3.8, 4) is 5.69 Å². The number of fused-ring (bicyclic) bond motifs is 1. The van der Waals surface area contributed by atoms with E-state index in [1.54, 1.807) is 45.6 Å². The van der Waals surface area contributed by atoms with Crippen LogP contribution in [-0.2, 0) is 27.2 Å². The highest BCUT2D eigenvalue weighted by atomic mass is 16.6. The number of piperazine rings is 1. The number of amides is 4. The molecule has 2 aliphatic rings. The summed E-state index contributed by atoms with van der Waals surface area (Å²) in [5.41, 5.74) is 0.0405. The molecule has 1 saturated heterocycles. The van der Waals surface area contributed by atoms with E-state index in [2.05, 4.69) is 15.6 Å². The van der Waals surface area contributed by atoms with E-state index in [1.165, 1.54) is 21.7 Å². The van der Waals surface area contributed by atoms with Crippen LogP contribution in [0.5, 0.6) is 0 Å². The van der Waals surface area contributed by atoms with Gasteiger partial charge in [-0.3, -0.25) is 19.5 Å². The third-order valence-corrected chi connectivity index (χ3v) is 6.48. The Morgan fingerprint density at radius 2 is 1.54 bits per heavy atom. The number of rotatable bonds is 4. The number of nitrogens with zero attached hydrogens (tertiary/aromatic N) is 4. The van der Waals surface area contributed by atoms with Crippen LogP contribution in [0.2, 0.25) is 0 Å². The number of carbonyl (C=O) groups excluding carboxylic acids is 4. The second kappa shape index (κ2) is 10.5. The summed E-state index contributed by atoms with van der Waals surface area (Å²) >= 11 is 0. The van der Waals surface area contributed by atoms with Crippen molar-refractivity contribution in [3.63, 3.8) is 0 Å². The Morgan fingerprint density at radius 3 is 2.18 bits per heavy atom. The van der Waals surface area contributed by atoms with Crippen molar-refractivity contribution in [2.24, 2.45) is 0 Å². The van der Waals surface area contributed by atoms with Gasteiger partial charge < -0.3 is 19.9 Å². The quantitative estimate of drug-likeness (QED) is 0.605. The maximum absolute atomic E-state index is 13.0. The number of anilines is 1. The van der Waals surface area contributed by atoms with Crippen molar-refractivity contribution >= 4 is 29.6 Å². The first-order valence-corrected chi connectivity index (χ1v) is 12.8. The fourth-order valence-electron chi connectivity index (χ4n) is 4.56. The van der Waals surface area contributed by atoms with Crippen molar-refractivity contribution in [1.29, 1.82) is 0 Å². The minimum Gasteiger partial charge on any atom is -0.444 e. The average molecular weight is 539 g/mol. The van der Waals surface area contributed by atoms with Crippen LogP contribution in [-0.4, -0.2) is 80.5 Å². The van der Waals surface area contributed by atoms with Gasteiger partial charge in [-0.2, -0.15) is 4.98 Å². The Balaban J connectivity index is 1.32. The summed E-state index contributed by atoms with van der Waals surface area (Å²) in [7, 11) is 0. The van der Waals surface area contributed by atoms with Crippen molar-refractivity contribution < 1.29 is 23.9 Å². The maximum atomic E-state index is 13.0. The van der Waals surface area contributed by atoms with E-state index in [9.17, 15) is 24.0 Å². The molecule has 0 saturated carbocycles. The lowest BCUT2D eigenvalue weighted by molar-refractivity contribution is -0.138. The minimum absolute atomic E-state index is 0.110. The standard InChI is InChI=1S/C27H34N6O6/c1-26(2,3)39-25(38)30-27(4,5)22(35)31-10-12-32(13-11-31)23(36)28-21-8-9-33(24(37)29-21)19-7-6-17-15-20(34)16-18(17)14-19/h6-9,14H,10-13,15-16H2,1-5H3,(H,30,38)(H,28,29,36,37). The first kappa shape index (κ1) is 27.8. The molecular weight excluding hydrogens is 504 g/mol. The van der Waals surface area contributed by atoms with Crippen molar-refractivity contribution in [3.05, 3.63) is 52.1 Å². The third kappa shape index (κ3) is 6.62. The van der Waals surface area contributed by atoms with E-state index < -0.39 is 29.0 Å². The Bertz CT molecular complexity index is 1370. The Morgan fingerprint density at radius 1 is 0.897 bits per heavy atom. The lowest BCUT2D eigenvalue weighted by atomic mass is 10.0. The van der Waals surface area contributed by atoms with Crippen molar-refractivity contribution in [1.82, 2.24) is 24.7 Å². The zero-order valence-electron chi connectivity index (χ0n) is 22.9. The second-order valence-electron chi connectivity index (χ2n) is 11.3. The number of ether oxygens (including phenoxy) is 1. The lowest BCUT2D eigenvalue weighted by Crippen LogP contribution is -2.60. The van der Waals surface area contributed by atoms with Gasteiger partial charge in [0.15, 0.2) is 0 Å². The summed E-state index contributed by atoms with van der Waals surface area (Å²) in [4.78, 5) is 69.5. The van der Waals surface area contributed by atoms with Crippen LogP contribution >= 0.6 is 0 Å². The normalized spacial score (nSPS) is 15.6. The zero-order valence-corrected chi connectivity index (χ0v) is 22.9. The summed E-state index contributed by atoms with van der Waals surface area (Å²) < 4.78 is 6.61. The number of ketones is 1. The van der Waals surface area contributed by atoms with Gasteiger partial charge in [0.2, 0.25) is 5.91 Å². The van der Waals surface area contributed by atoms with E-state index in [-0.39, 0.29) is 43.7 Å². The van der Waals surface area contributed by atoms with Crippen LogP contribution in [0, 0.1) is 0 Å². The zero-order chi connectivity index (χ0) is 28.5. The Labute approximate surface area is 226 Å². The molecule has 1 aromatic heterocycles. The van der Waals surface area contributed by atoms with Gasteiger partial charge in [0.1, 0.15) is 22.7 Å². The molecule has 0 spiro atoms. The number of nitrogens with one attached hydrogen (secondary N) is 2. The van der Waals surface area contributed by atoms with E-state index >= 15 is 0 Å². The number of alkyl carbamates (subject to hydrolysis) is 1. The van der Waals surface area contributed by atoms with Gasteiger partial charge in [0.25, 0.3) is 0 Å². The molecular formula is C27H34N6O6. The molecule has 0 radical (unpaired) electrons. The highest BCUT2D eigenvalue weighted by molar-refractivity contribution is 5.91. The first-order chi connectivity index (χ1) is 18.2. The van der Waals surface area contributed by atoms with Crippen LogP contribution in [0.1, 0.15) is 45.7 Å². The summed E-state index contributed by atoms with van der Waals surface area (Å²) in [6, 6.07) is 6.52. The number of carbonyl (C=O) groups is 4. The summed E-state index contributed by atoms with van der Waals surface area (Å²) in [5.74, 6) is -0.0227. The van der Waals surface area contributed by atoms with Gasteiger partial charge in [0, 0.05) is 45.2 Å².